The van der Waals surface area contributed by atoms with Crippen LogP contribution in [0, 0.1) is 5.41 Å². The summed E-state index contributed by atoms with van der Waals surface area (Å²) < 4.78 is 0. The number of rotatable bonds is 5. The molecule has 0 aromatic heterocycles. The van der Waals surface area contributed by atoms with E-state index >= 15 is 0 Å². The topological polar surface area (TPSA) is 15.3 Å². The number of piperidine rings is 1. The lowest BCUT2D eigenvalue weighted by Gasteiger charge is -2.35. The van der Waals surface area contributed by atoms with Gasteiger partial charge in [-0.25, -0.2) is 0 Å². The summed E-state index contributed by atoms with van der Waals surface area (Å²) in [6.07, 6.45) is 12.8. The monoisotopic (exact) mass is 252 g/mol. The molecular formula is C16H32N2. The molecule has 1 aliphatic carbocycles. The van der Waals surface area contributed by atoms with E-state index in [9.17, 15) is 0 Å². The van der Waals surface area contributed by atoms with Crippen molar-refractivity contribution in [3.8, 4) is 0 Å². The maximum Gasteiger partial charge on any atom is 0.0104 e. The van der Waals surface area contributed by atoms with E-state index in [1.807, 2.05) is 0 Å². The molecule has 1 heterocycles. The molecule has 1 N–H and O–H groups in total. The SMILES string of the molecule is CN1CCCCC1CCNCC1(C)CCCCC1. The Labute approximate surface area is 114 Å². The Morgan fingerprint density at radius 3 is 2.61 bits per heavy atom. The molecule has 0 radical (unpaired) electrons. The molecule has 1 saturated carbocycles. The quantitative estimate of drug-likeness (QED) is 0.754. The Morgan fingerprint density at radius 1 is 1.11 bits per heavy atom. The first-order valence-electron chi connectivity index (χ1n) is 8.11. The Morgan fingerprint density at radius 2 is 1.89 bits per heavy atom. The molecular weight excluding hydrogens is 220 g/mol. The maximum atomic E-state index is 3.74. The molecule has 2 aliphatic rings. The van der Waals surface area contributed by atoms with Gasteiger partial charge in [-0.05, 0) is 57.7 Å². The zero-order valence-corrected chi connectivity index (χ0v) is 12.5. The first-order chi connectivity index (χ1) is 8.70. The van der Waals surface area contributed by atoms with Crippen LogP contribution in [0.5, 0.6) is 0 Å². The lowest BCUT2D eigenvalue weighted by atomic mass is 9.76. The summed E-state index contributed by atoms with van der Waals surface area (Å²) in [5.41, 5.74) is 0.594. The fraction of sp³-hybridized carbons (Fsp3) is 1.00. The zero-order valence-electron chi connectivity index (χ0n) is 12.5. The standard InChI is InChI=1S/C16H32N2/c1-16(10-5-3-6-11-16)14-17-12-9-15-8-4-7-13-18(15)2/h15,17H,3-14H2,1-2H3. The van der Waals surface area contributed by atoms with Crippen molar-refractivity contribution in [2.75, 3.05) is 26.7 Å². The smallest absolute Gasteiger partial charge is 0.0104 e. The van der Waals surface area contributed by atoms with Crippen LogP contribution in [0.1, 0.15) is 64.7 Å². The van der Waals surface area contributed by atoms with Crippen molar-refractivity contribution in [3.63, 3.8) is 0 Å². The van der Waals surface area contributed by atoms with Crippen LogP contribution in [0.15, 0.2) is 0 Å². The van der Waals surface area contributed by atoms with Crippen molar-refractivity contribution in [1.82, 2.24) is 10.2 Å². The van der Waals surface area contributed by atoms with Crippen LogP contribution in [-0.4, -0.2) is 37.6 Å². The van der Waals surface area contributed by atoms with E-state index in [0.717, 1.165) is 6.04 Å². The molecule has 2 nitrogen and oxygen atoms in total. The fourth-order valence-electron chi connectivity index (χ4n) is 3.75. The van der Waals surface area contributed by atoms with Gasteiger partial charge in [-0.1, -0.05) is 32.6 Å². The van der Waals surface area contributed by atoms with E-state index in [1.54, 1.807) is 0 Å². The van der Waals surface area contributed by atoms with Gasteiger partial charge in [0.05, 0.1) is 0 Å². The molecule has 2 heteroatoms. The number of likely N-dealkylation sites (tertiary alicyclic amines) is 1. The van der Waals surface area contributed by atoms with Gasteiger partial charge in [0.2, 0.25) is 0 Å². The largest absolute Gasteiger partial charge is 0.316 e. The Balaban J connectivity index is 1.60. The van der Waals surface area contributed by atoms with Crippen LogP contribution >= 0.6 is 0 Å². The Kier molecular flexibility index (Phi) is 5.50. The molecule has 18 heavy (non-hydrogen) atoms. The van der Waals surface area contributed by atoms with Crippen LogP contribution < -0.4 is 5.32 Å². The van der Waals surface area contributed by atoms with Crippen molar-refractivity contribution in [2.45, 2.75) is 70.8 Å². The highest BCUT2D eigenvalue weighted by Crippen LogP contribution is 2.34. The van der Waals surface area contributed by atoms with E-state index in [1.165, 1.54) is 77.4 Å². The highest BCUT2D eigenvalue weighted by Gasteiger charge is 2.26. The van der Waals surface area contributed by atoms with Crippen molar-refractivity contribution in [3.05, 3.63) is 0 Å². The van der Waals surface area contributed by atoms with Crippen LogP contribution in [-0.2, 0) is 0 Å². The van der Waals surface area contributed by atoms with Crippen molar-refractivity contribution in [2.24, 2.45) is 5.41 Å². The Bertz CT molecular complexity index is 233. The predicted octanol–water partition coefficient (Wildman–Crippen LogP) is 3.42. The van der Waals surface area contributed by atoms with Gasteiger partial charge in [0, 0.05) is 12.6 Å². The lowest BCUT2D eigenvalue weighted by Crippen LogP contribution is -2.40. The minimum Gasteiger partial charge on any atom is -0.316 e. The second-order valence-corrected chi connectivity index (χ2v) is 6.97. The minimum absolute atomic E-state index is 0.594. The van der Waals surface area contributed by atoms with Gasteiger partial charge in [-0.3, -0.25) is 0 Å². The van der Waals surface area contributed by atoms with Gasteiger partial charge in [-0.2, -0.15) is 0 Å². The second-order valence-electron chi connectivity index (χ2n) is 6.97. The summed E-state index contributed by atoms with van der Waals surface area (Å²) in [7, 11) is 2.30. The number of hydrogen-bond donors (Lipinski definition) is 1. The number of hydrogen-bond acceptors (Lipinski definition) is 2. The van der Waals surface area contributed by atoms with Crippen LogP contribution in [0.25, 0.3) is 0 Å². The highest BCUT2D eigenvalue weighted by atomic mass is 15.1. The van der Waals surface area contributed by atoms with Gasteiger partial charge in [-0.15, -0.1) is 0 Å². The van der Waals surface area contributed by atoms with Gasteiger partial charge in [0.15, 0.2) is 0 Å². The van der Waals surface area contributed by atoms with Gasteiger partial charge in [0.1, 0.15) is 0 Å². The molecule has 2 fully saturated rings. The summed E-state index contributed by atoms with van der Waals surface area (Å²) >= 11 is 0. The molecule has 1 saturated heterocycles. The summed E-state index contributed by atoms with van der Waals surface area (Å²) in [6, 6.07) is 0.838. The molecule has 0 aromatic rings. The zero-order chi connectivity index (χ0) is 12.8. The van der Waals surface area contributed by atoms with Crippen LogP contribution in [0.3, 0.4) is 0 Å². The van der Waals surface area contributed by atoms with E-state index in [-0.39, 0.29) is 0 Å². The third-order valence-electron chi connectivity index (χ3n) is 5.19. The number of nitrogens with zero attached hydrogens (tertiary/aromatic N) is 1. The average Bonchev–Trinajstić information content (AvgIpc) is 2.37. The van der Waals surface area contributed by atoms with Crippen molar-refractivity contribution < 1.29 is 0 Å². The summed E-state index contributed by atoms with van der Waals surface area (Å²) in [4.78, 5) is 2.56. The molecule has 0 bridgehead atoms. The van der Waals surface area contributed by atoms with Crippen LogP contribution in [0.2, 0.25) is 0 Å². The van der Waals surface area contributed by atoms with E-state index in [2.05, 4.69) is 24.2 Å². The maximum absolute atomic E-state index is 3.74. The molecule has 0 amide bonds. The predicted molar refractivity (Wildman–Crippen MR) is 78.9 cm³/mol. The molecule has 106 valence electrons. The van der Waals surface area contributed by atoms with Gasteiger partial charge >= 0.3 is 0 Å². The number of nitrogens with one attached hydrogen (secondary N) is 1. The third kappa shape index (κ3) is 4.24. The Hall–Kier alpha value is -0.0800. The van der Waals surface area contributed by atoms with E-state index in [4.69, 9.17) is 0 Å². The molecule has 0 aromatic carbocycles. The summed E-state index contributed by atoms with van der Waals surface area (Å²) in [6.45, 7) is 6.24. The second kappa shape index (κ2) is 6.91. The van der Waals surface area contributed by atoms with E-state index < -0.39 is 0 Å². The lowest BCUT2D eigenvalue weighted by molar-refractivity contribution is 0.169. The normalized spacial score (nSPS) is 29.3. The molecule has 2 rings (SSSR count). The van der Waals surface area contributed by atoms with Crippen molar-refractivity contribution in [1.29, 1.82) is 0 Å². The summed E-state index contributed by atoms with van der Waals surface area (Å²) in [5, 5.41) is 3.74. The average molecular weight is 252 g/mol. The van der Waals surface area contributed by atoms with Gasteiger partial charge < -0.3 is 10.2 Å². The van der Waals surface area contributed by atoms with Gasteiger partial charge in [0.25, 0.3) is 0 Å². The van der Waals surface area contributed by atoms with E-state index in [0.29, 0.717) is 5.41 Å². The fourth-order valence-corrected chi connectivity index (χ4v) is 3.75. The molecule has 1 atom stereocenters. The minimum atomic E-state index is 0.594. The highest BCUT2D eigenvalue weighted by molar-refractivity contribution is 4.81. The first-order valence-corrected chi connectivity index (χ1v) is 8.11. The first kappa shape index (κ1) is 14.3. The molecule has 1 unspecified atom stereocenters. The third-order valence-corrected chi connectivity index (χ3v) is 5.19. The summed E-state index contributed by atoms with van der Waals surface area (Å²) in [5.74, 6) is 0. The molecule has 1 aliphatic heterocycles. The van der Waals surface area contributed by atoms with Crippen molar-refractivity contribution >= 4 is 0 Å². The molecule has 0 spiro atoms. The van der Waals surface area contributed by atoms with Crippen LogP contribution in [0.4, 0.5) is 0 Å².